The van der Waals surface area contributed by atoms with Gasteiger partial charge in [0.05, 0.1) is 12.1 Å². The maximum atomic E-state index is 10.9. The lowest BCUT2D eigenvalue weighted by Gasteiger charge is -2.40. The number of aliphatic hydroxyl groups is 1. The average Bonchev–Trinajstić information content (AvgIpc) is 3.27. The molecular formula is C18H25N3O2. The summed E-state index contributed by atoms with van der Waals surface area (Å²) in [6.45, 7) is 5.00. The van der Waals surface area contributed by atoms with E-state index in [2.05, 4.69) is 22.0 Å². The number of likely N-dealkylation sites (tertiary alicyclic amines) is 1. The number of fused-ring (bicyclic) bond motifs is 1. The predicted molar refractivity (Wildman–Crippen MR) is 87.6 cm³/mol. The van der Waals surface area contributed by atoms with E-state index in [0.29, 0.717) is 11.8 Å². The van der Waals surface area contributed by atoms with Crippen LogP contribution in [0.2, 0.25) is 0 Å². The van der Waals surface area contributed by atoms with Crippen LogP contribution in [-0.2, 0) is 6.54 Å². The highest BCUT2D eigenvalue weighted by Gasteiger charge is 2.47. The van der Waals surface area contributed by atoms with E-state index in [4.69, 9.17) is 4.42 Å². The second kappa shape index (κ2) is 5.80. The zero-order valence-corrected chi connectivity index (χ0v) is 13.7. The fourth-order valence-corrected chi connectivity index (χ4v) is 4.51. The van der Waals surface area contributed by atoms with E-state index in [0.717, 1.165) is 56.1 Å². The van der Waals surface area contributed by atoms with E-state index in [-0.39, 0.29) is 0 Å². The molecule has 0 unspecified atom stereocenters. The van der Waals surface area contributed by atoms with E-state index in [1.165, 1.54) is 6.42 Å². The van der Waals surface area contributed by atoms with Crippen LogP contribution in [0.15, 0.2) is 28.8 Å². The van der Waals surface area contributed by atoms with Crippen molar-refractivity contribution < 1.29 is 9.52 Å². The van der Waals surface area contributed by atoms with Gasteiger partial charge < -0.3 is 9.52 Å². The van der Waals surface area contributed by atoms with Gasteiger partial charge in [-0.3, -0.25) is 10.00 Å². The lowest BCUT2D eigenvalue weighted by molar-refractivity contribution is -0.0613. The van der Waals surface area contributed by atoms with E-state index >= 15 is 0 Å². The normalized spacial score (nSPS) is 31.4. The summed E-state index contributed by atoms with van der Waals surface area (Å²) >= 11 is 0. The van der Waals surface area contributed by atoms with Gasteiger partial charge in [0.2, 0.25) is 0 Å². The van der Waals surface area contributed by atoms with Crippen LogP contribution in [0.4, 0.5) is 0 Å². The van der Waals surface area contributed by atoms with Gasteiger partial charge in [0.15, 0.2) is 5.76 Å². The number of aromatic amines is 1. The molecule has 3 atom stereocenters. The van der Waals surface area contributed by atoms with Crippen molar-refractivity contribution in [3.05, 3.63) is 30.2 Å². The van der Waals surface area contributed by atoms with Gasteiger partial charge in [-0.15, -0.1) is 0 Å². The van der Waals surface area contributed by atoms with Crippen LogP contribution >= 0.6 is 0 Å². The monoisotopic (exact) mass is 315 g/mol. The molecule has 124 valence electrons. The van der Waals surface area contributed by atoms with Gasteiger partial charge >= 0.3 is 0 Å². The number of nitrogens with one attached hydrogen (secondary N) is 1. The second-order valence-electron chi connectivity index (χ2n) is 7.15. The van der Waals surface area contributed by atoms with Crippen LogP contribution in [0.25, 0.3) is 11.5 Å². The summed E-state index contributed by atoms with van der Waals surface area (Å²) in [6, 6.07) is 5.95. The zero-order chi connectivity index (χ0) is 15.9. The molecule has 5 heteroatoms. The Morgan fingerprint density at radius 2 is 2.30 bits per heavy atom. The average molecular weight is 315 g/mol. The Morgan fingerprint density at radius 1 is 1.39 bits per heavy atom. The molecule has 2 N–H and O–H groups in total. The summed E-state index contributed by atoms with van der Waals surface area (Å²) in [6.07, 6.45) is 5.97. The number of hydrogen-bond acceptors (Lipinski definition) is 4. The maximum Gasteiger partial charge on any atom is 0.152 e. The summed E-state index contributed by atoms with van der Waals surface area (Å²) in [5, 5.41) is 17.8. The summed E-state index contributed by atoms with van der Waals surface area (Å²) in [5.41, 5.74) is 0.453. The first-order chi connectivity index (χ1) is 11.2. The Hall–Kier alpha value is -1.59. The minimum Gasteiger partial charge on any atom is -0.458 e. The number of aromatic nitrogens is 2. The lowest BCUT2D eigenvalue weighted by atomic mass is 9.69. The first-order valence-electron chi connectivity index (χ1n) is 8.71. The minimum absolute atomic E-state index is 0.420. The van der Waals surface area contributed by atoms with Crippen molar-refractivity contribution in [1.29, 1.82) is 0 Å². The fourth-order valence-electron chi connectivity index (χ4n) is 4.51. The summed E-state index contributed by atoms with van der Waals surface area (Å²) in [4.78, 5) is 2.44. The third kappa shape index (κ3) is 2.72. The highest BCUT2D eigenvalue weighted by Crippen LogP contribution is 2.44. The Morgan fingerprint density at radius 3 is 3.09 bits per heavy atom. The molecule has 23 heavy (non-hydrogen) atoms. The highest BCUT2D eigenvalue weighted by atomic mass is 16.3. The number of furan rings is 1. The van der Waals surface area contributed by atoms with Crippen LogP contribution in [0, 0.1) is 11.8 Å². The molecule has 4 rings (SSSR count). The minimum atomic E-state index is -0.456. The Balaban J connectivity index is 1.44. The van der Waals surface area contributed by atoms with Gasteiger partial charge in [-0.05, 0) is 43.4 Å². The molecule has 1 saturated heterocycles. The molecule has 0 spiro atoms. The van der Waals surface area contributed by atoms with Gasteiger partial charge in [-0.25, -0.2) is 0 Å². The van der Waals surface area contributed by atoms with Gasteiger partial charge in [-0.2, -0.15) is 5.10 Å². The van der Waals surface area contributed by atoms with Crippen molar-refractivity contribution in [3.8, 4) is 11.5 Å². The number of H-pyrrole nitrogens is 1. The SMILES string of the molecule is CC[C@]1(O)CCC[C@H]2CN(Cc3ccc(-c4ccn[nH]4)o3)C[C@H]21. The lowest BCUT2D eigenvalue weighted by Crippen LogP contribution is -2.44. The van der Waals surface area contributed by atoms with Crippen molar-refractivity contribution in [2.75, 3.05) is 13.1 Å². The van der Waals surface area contributed by atoms with Crippen LogP contribution in [-0.4, -0.2) is 38.9 Å². The standard InChI is InChI=1S/C18H25N3O2/c1-2-18(22)8-3-4-13-10-21(12-15(13)18)11-14-5-6-17(23-14)16-7-9-19-20-16/h5-7,9,13,15,22H,2-4,8,10-12H2,1H3,(H,19,20)/t13-,15+,18-/m0/s1. The molecule has 3 heterocycles. The molecule has 0 bridgehead atoms. The second-order valence-corrected chi connectivity index (χ2v) is 7.15. The molecular weight excluding hydrogens is 290 g/mol. The topological polar surface area (TPSA) is 65.3 Å². The molecule has 0 radical (unpaired) electrons. The molecule has 1 aliphatic heterocycles. The Kier molecular flexibility index (Phi) is 3.77. The molecule has 1 aliphatic carbocycles. The van der Waals surface area contributed by atoms with Crippen LogP contribution in [0.5, 0.6) is 0 Å². The molecule has 5 nitrogen and oxygen atoms in total. The fraction of sp³-hybridized carbons (Fsp3) is 0.611. The first-order valence-corrected chi connectivity index (χ1v) is 8.71. The van der Waals surface area contributed by atoms with E-state index in [1.807, 2.05) is 18.2 Å². The predicted octanol–water partition coefficient (Wildman–Crippen LogP) is 3.04. The van der Waals surface area contributed by atoms with E-state index in [9.17, 15) is 5.11 Å². The largest absolute Gasteiger partial charge is 0.458 e. The molecule has 2 fully saturated rings. The quantitative estimate of drug-likeness (QED) is 0.910. The third-order valence-corrected chi connectivity index (χ3v) is 5.81. The van der Waals surface area contributed by atoms with Crippen molar-refractivity contribution >= 4 is 0 Å². The summed E-state index contributed by atoms with van der Waals surface area (Å²) in [5.74, 6) is 2.87. The third-order valence-electron chi connectivity index (χ3n) is 5.81. The van der Waals surface area contributed by atoms with Crippen LogP contribution < -0.4 is 0 Å². The molecule has 0 amide bonds. The summed E-state index contributed by atoms with van der Waals surface area (Å²) in [7, 11) is 0. The van der Waals surface area contributed by atoms with Gasteiger partial charge in [0.25, 0.3) is 0 Å². The van der Waals surface area contributed by atoms with Crippen molar-refractivity contribution in [3.63, 3.8) is 0 Å². The molecule has 1 saturated carbocycles. The van der Waals surface area contributed by atoms with Crippen LogP contribution in [0.3, 0.4) is 0 Å². The smallest absolute Gasteiger partial charge is 0.152 e. The van der Waals surface area contributed by atoms with E-state index < -0.39 is 5.60 Å². The van der Waals surface area contributed by atoms with Gasteiger partial charge in [0, 0.05) is 25.2 Å². The summed E-state index contributed by atoms with van der Waals surface area (Å²) < 4.78 is 5.95. The number of hydrogen-bond donors (Lipinski definition) is 2. The van der Waals surface area contributed by atoms with Crippen molar-refractivity contribution in [2.24, 2.45) is 11.8 Å². The molecule has 2 aromatic rings. The number of rotatable bonds is 4. The van der Waals surface area contributed by atoms with Gasteiger partial charge in [-0.1, -0.05) is 13.3 Å². The maximum absolute atomic E-state index is 10.9. The highest BCUT2D eigenvalue weighted by molar-refractivity contribution is 5.51. The van der Waals surface area contributed by atoms with E-state index in [1.54, 1.807) is 6.20 Å². The molecule has 2 aliphatic rings. The van der Waals surface area contributed by atoms with Crippen molar-refractivity contribution in [2.45, 2.75) is 44.8 Å². The molecule has 2 aromatic heterocycles. The Bertz CT molecular complexity index is 651. The van der Waals surface area contributed by atoms with Crippen molar-refractivity contribution in [1.82, 2.24) is 15.1 Å². The number of nitrogens with zero attached hydrogens (tertiary/aromatic N) is 2. The first kappa shape index (κ1) is 15.0. The molecule has 0 aromatic carbocycles. The van der Waals surface area contributed by atoms with Gasteiger partial charge in [0.1, 0.15) is 11.5 Å². The zero-order valence-electron chi connectivity index (χ0n) is 13.7. The van der Waals surface area contributed by atoms with Crippen LogP contribution in [0.1, 0.15) is 38.4 Å². The Labute approximate surface area is 136 Å².